The van der Waals surface area contributed by atoms with Crippen LogP contribution in [0.4, 0.5) is 11.6 Å². The van der Waals surface area contributed by atoms with E-state index < -0.39 is 0 Å². The molecule has 0 aliphatic heterocycles. The second-order valence-electron chi connectivity index (χ2n) is 7.05. The van der Waals surface area contributed by atoms with Gasteiger partial charge in [-0.15, -0.1) is 10.2 Å². The van der Waals surface area contributed by atoms with Crippen LogP contribution in [0.25, 0.3) is 10.8 Å². The molecular weight excluding hydrogens is 436 g/mol. The molecule has 0 atom stereocenters. The zero-order valence-corrected chi connectivity index (χ0v) is 18.4. The van der Waals surface area contributed by atoms with Crippen LogP contribution in [0.15, 0.2) is 70.9 Å². The number of hydrazone groups is 2. The Morgan fingerprint density at radius 2 is 1.15 bits per heavy atom. The number of methoxy groups -OCH3 is 2. The molecule has 0 fully saturated rings. The SMILES string of the molecule is COc1ccc(/C=N\Nc2nnc(N/N=C/c3ccc(OC)c(O)c3)c3ccccc23)cc1O. The van der Waals surface area contributed by atoms with Gasteiger partial charge in [0.05, 0.1) is 26.6 Å². The summed E-state index contributed by atoms with van der Waals surface area (Å²) in [4.78, 5) is 0. The number of nitrogens with zero attached hydrogens (tertiary/aromatic N) is 4. The van der Waals surface area contributed by atoms with Crippen molar-refractivity contribution in [3.8, 4) is 23.0 Å². The molecular formula is C24H22N6O4. The molecule has 0 aliphatic carbocycles. The zero-order chi connectivity index (χ0) is 23.9. The molecule has 4 aromatic rings. The molecule has 4 N–H and O–H groups in total. The van der Waals surface area contributed by atoms with Crippen LogP contribution >= 0.6 is 0 Å². The number of rotatable bonds is 8. The number of aromatic nitrogens is 2. The van der Waals surface area contributed by atoms with E-state index in [0.29, 0.717) is 34.3 Å². The molecule has 0 amide bonds. The van der Waals surface area contributed by atoms with Crippen molar-refractivity contribution < 1.29 is 19.7 Å². The number of hydrogen-bond acceptors (Lipinski definition) is 10. The van der Waals surface area contributed by atoms with E-state index in [4.69, 9.17) is 9.47 Å². The zero-order valence-electron chi connectivity index (χ0n) is 18.4. The average Bonchev–Trinajstić information content (AvgIpc) is 2.85. The Balaban J connectivity index is 1.51. The Bertz CT molecular complexity index is 1270. The lowest BCUT2D eigenvalue weighted by Gasteiger charge is -2.08. The van der Waals surface area contributed by atoms with Gasteiger partial charge in [0.1, 0.15) is 0 Å². The van der Waals surface area contributed by atoms with E-state index in [1.165, 1.54) is 14.2 Å². The molecule has 10 heteroatoms. The third-order valence-electron chi connectivity index (χ3n) is 4.86. The molecule has 3 aromatic carbocycles. The Morgan fingerprint density at radius 1 is 0.706 bits per heavy atom. The van der Waals surface area contributed by atoms with Crippen molar-refractivity contribution in [2.24, 2.45) is 10.2 Å². The summed E-state index contributed by atoms with van der Waals surface area (Å²) in [5.41, 5.74) is 7.14. The first-order valence-corrected chi connectivity index (χ1v) is 10.2. The molecule has 0 aliphatic rings. The van der Waals surface area contributed by atoms with Crippen LogP contribution in [0.2, 0.25) is 0 Å². The lowest BCUT2D eigenvalue weighted by molar-refractivity contribution is 0.373. The molecule has 34 heavy (non-hydrogen) atoms. The van der Waals surface area contributed by atoms with Crippen molar-refractivity contribution >= 4 is 34.8 Å². The number of hydrogen-bond donors (Lipinski definition) is 4. The van der Waals surface area contributed by atoms with Crippen LogP contribution in [0, 0.1) is 0 Å². The molecule has 0 unspecified atom stereocenters. The van der Waals surface area contributed by atoms with Gasteiger partial charge in [0.15, 0.2) is 34.6 Å². The van der Waals surface area contributed by atoms with Gasteiger partial charge < -0.3 is 19.7 Å². The van der Waals surface area contributed by atoms with Gasteiger partial charge in [-0.25, -0.2) is 0 Å². The average molecular weight is 458 g/mol. The van der Waals surface area contributed by atoms with E-state index in [-0.39, 0.29) is 11.5 Å². The molecule has 0 spiro atoms. The van der Waals surface area contributed by atoms with Crippen molar-refractivity contribution in [1.82, 2.24) is 10.2 Å². The van der Waals surface area contributed by atoms with E-state index in [9.17, 15) is 10.2 Å². The third kappa shape index (κ3) is 4.96. The highest BCUT2D eigenvalue weighted by Crippen LogP contribution is 2.28. The van der Waals surface area contributed by atoms with Gasteiger partial charge in [0.25, 0.3) is 0 Å². The summed E-state index contributed by atoms with van der Waals surface area (Å²) in [7, 11) is 2.98. The summed E-state index contributed by atoms with van der Waals surface area (Å²) in [6, 6.07) is 17.5. The fraction of sp³-hybridized carbons (Fsp3) is 0.0833. The number of aromatic hydroxyl groups is 2. The monoisotopic (exact) mass is 458 g/mol. The number of nitrogens with one attached hydrogen (secondary N) is 2. The van der Waals surface area contributed by atoms with Gasteiger partial charge in [-0.1, -0.05) is 24.3 Å². The van der Waals surface area contributed by atoms with Gasteiger partial charge in [-0.05, 0) is 47.5 Å². The topological polar surface area (TPSA) is 133 Å². The highest BCUT2D eigenvalue weighted by atomic mass is 16.5. The number of phenolic OH excluding ortho intramolecular Hbond substituents is 2. The van der Waals surface area contributed by atoms with Gasteiger partial charge in [-0.3, -0.25) is 10.9 Å². The van der Waals surface area contributed by atoms with Gasteiger partial charge in [0, 0.05) is 10.8 Å². The second kappa shape index (κ2) is 10.2. The molecule has 4 rings (SSSR count). The molecule has 1 aromatic heterocycles. The van der Waals surface area contributed by atoms with E-state index >= 15 is 0 Å². The Morgan fingerprint density at radius 3 is 1.53 bits per heavy atom. The minimum atomic E-state index is 0.0255. The third-order valence-corrected chi connectivity index (χ3v) is 4.86. The fourth-order valence-electron chi connectivity index (χ4n) is 3.18. The fourth-order valence-corrected chi connectivity index (χ4v) is 3.18. The predicted molar refractivity (Wildman–Crippen MR) is 131 cm³/mol. The summed E-state index contributed by atoms with van der Waals surface area (Å²) in [5, 5.41) is 38.2. The van der Waals surface area contributed by atoms with Crippen molar-refractivity contribution in [3.05, 3.63) is 71.8 Å². The van der Waals surface area contributed by atoms with Crippen molar-refractivity contribution in [3.63, 3.8) is 0 Å². The number of phenols is 2. The van der Waals surface area contributed by atoms with E-state index in [1.807, 2.05) is 24.3 Å². The van der Waals surface area contributed by atoms with E-state index in [1.54, 1.807) is 48.8 Å². The Kier molecular flexibility index (Phi) is 6.68. The first-order chi connectivity index (χ1) is 16.6. The van der Waals surface area contributed by atoms with Crippen LogP contribution in [0.5, 0.6) is 23.0 Å². The Hall–Kier alpha value is -4.86. The van der Waals surface area contributed by atoms with Crippen LogP contribution in [-0.4, -0.2) is 47.1 Å². The van der Waals surface area contributed by atoms with Crippen LogP contribution in [0.1, 0.15) is 11.1 Å². The highest BCUT2D eigenvalue weighted by Gasteiger charge is 2.08. The summed E-state index contributed by atoms with van der Waals surface area (Å²) in [5.74, 6) is 1.74. The van der Waals surface area contributed by atoms with Crippen molar-refractivity contribution in [2.45, 2.75) is 0 Å². The first kappa shape index (κ1) is 22.3. The molecule has 0 saturated heterocycles. The summed E-state index contributed by atoms with van der Waals surface area (Å²) < 4.78 is 10.1. The predicted octanol–water partition coefficient (Wildman–Crippen LogP) is 3.95. The van der Waals surface area contributed by atoms with Gasteiger partial charge in [-0.2, -0.15) is 10.2 Å². The molecule has 10 nitrogen and oxygen atoms in total. The standard InChI is InChI=1S/C24H22N6O4/c1-33-21-9-7-15(11-19(21)31)13-25-27-23-17-5-3-4-6-18(17)24(30-29-23)28-26-14-16-8-10-22(34-2)20(32)12-16/h3-14,31-32H,1-2H3,(H,27,29)(H,28,30)/b25-13-,26-14+. The summed E-state index contributed by atoms with van der Waals surface area (Å²) in [6.07, 6.45) is 3.10. The number of anilines is 2. The molecule has 0 saturated carbocycles. The van der Waals surface area contributed by atoms with Crippen molar-refractivity contribution in [2.75, 3.05) is 25.1 Å². The molecule has 0 radical (unpaired) electrons. The maximum absolute atomic E-state index is 9.89. The summed E-state index contributed by atoms with van der Waals surface area (Å²) in [6.45, 7) is 0. The number of fused-ring (bicyclic) bond motifs is 1. The quantitative estimate of drug-likeness (QED) is 0.230. The number of ether oxygens (including phenoxy) is 2. The van der Waals surface area contributed by atoms with Gasteiger partial charge in [0.2, 0.25) is 0 Å². The molecule has 172 valence electrons. The molecule has 1 heterocycles. The smallest absolute Gasteiger partial charge is 0.176 e. The van der Waals surface area contributed by atoms with E-state index in [2.05, 4.69) is 31.3 Å². The highest BCUT2D eigenvalue weighted by molar-refractivity contribution is 5.98. The first-order valence-electron chi connectivity index (χ1n) is 10.2. The van der Waals surface area contributed by atoms with Gasteiger partial charge >= 0.3 is 0 Å². The minimum absolute atomic E-state index is 0.0255. The summed E-state index contributed by atoms with van der Waals surface area (Å²) >= 11 is 0. The normalized spacial score (nSPS) is 11.2. The number of benzene rings is 3. The second-order valence-corrected chi connectivity index (χ2v) is 7.05. The van der Waals surface area contributed by atoms with Crippen LogP contribution in [-0.2, 0) is 0 Å². The van der Waals surface area contributed by atoms with Crippen LogP contribution < -0.4 is 20.3 Å². The largest absolute Gasteiger partial charge is 0.504 e. The maximum Gasteiger partial charge on any atom is 0.176 e. The maximum atomic E-state index is 9.89. The lowest BCUT2D eigenvalue weighted by atomic mass is 10.2. The Labute approximate surface area is 195 Å². The van der Waals surface area contributed by atoms with E-state index in [0.717, 1.165) is 10.8 Å². The van der Waals surface area contributed by atoms with Crippen molar-refractivity contribution in [1.29, 1.82) is 0 Å². The lowest BCUT2D eigenvalue weighted by Crippen LogP contribution is -2.01. The van der Waals surface area contributed by atoms with Crippen LogP contribution in [0.3, 0.4) is 0 Å². The minimum Gasteiger partial charge on any atom is -0.504 e. The molecule has 0 bridgehead atoms.